The molecule has 0 spiro atoms. The molecule has 1 aliphatic heterocycles. The molecular weight excluding hydrogens is 262 g/mol. The fourth-order valence-corrected chi connectivity index (χ4v) is 4.96. The van der Waals surface area contributed by atoms with Crippen LogP contribution in [0.1, 0.15) is 45.4 Å². The average molecular weight is 289 g/mol. The van der Waals surface area contributed by atoms with Crippen LogP contribution in [0.4, 0.5) is 0 Å². The van der Waals surface area contributed by atoms with Crippen LogP contribution >= 0.6 is 0 Å². The molecule has 112 valence electrons. The molecule has 2 aliphatic rings. The van der Waals surface area contributed by atoms with Crippen molar-refractivity contribution in [2.24, 2.45) is 11.8 Å². The summed E-state index contributed by atoms with van der Waals surface area (Å²) < 4.78 is 22.9. The number of nitrogens with one attached hydrogen (secondary N) is 1. The van der Waals surface area contributed by atoms with Gasteiger partial charge < -0.3 is 10.4 Å². The molecule has 2 fully saturated rings. The molecule has 1 saturated heterocycles. The molecule has 2 N–H and O–H groups in total. The van der Waals surface area contributed by atoms with Gasteiger partial charge in [-0.2, -0.15) is 0 Å². The van der Waals surface area contributed by atoms with Crippen molar-refractivity contribution in [3.63, 3.8) is 0 Å². The van der Waals surface area contributed by atoms with E-state index in [0.717, 1.165) is 38.5 Å². The largest absolute Gasteiger partial charge is 0.396 e. The third-order valence-corrected chi connectivity index (χ3v) is 6.63. The van der Waals surface area contributed by atoms with E-state index in [1.165, 1.54) is 0 Å². The van der Waals surface area contributed by atoms with E-state index < -0.39 is 9.84 Å². The number of aliphatic hydroxyl groups is 1. The minimum atomic E-state index is -2.75. The second-order valence-corrected chi connectivity index (χ2v) is 8.65. The Morgan fingerprint density at radius 3 is 2.21 bits per heavy atom. The van der Waals surface area contributed by atoms with E-state index in [0.29, 0.717) is 42.0 Å². The van der Waals surface area contributed by atoms with Crippen LogP contribution in [0, 0.1) is 11.8 Å². The zero-order valence-corrected chi connectivity index (χ0v) is 12.7. The first-order chi connectivity index (χ1) is 9.00. The van der Waals surface area contributed by atoms with Crippen molar-refractivity contribution in [2.75, 3.05) is 18.1 Å². The first-order valence-corrected chi connectivity index (χ1v) is 9.39. The zero-order valence-electron chi connectivity index (χ0n) is 11.8. The van der Waals surface area contributed by atoms with E-state index >= 15 is 0 Å². The van der Waals surface area contributed by atoms with Gasteiger partial charge in [-0.15, -0.1) is 0 Å². The highest BCUT2D eigenvalue weighted by Crippen LogP contribution is 2.27. The van der Waals surface area contributed by atoms with Gasteiger partial charge in [0.1, 0.15) is 9.84 Å². The molecule has 1 aliphatic carbocycles. The quantitative estimate of drug-likeness (QED) is 0.819. The maximum absolute atomic E-state index is 11.4. The Morgan fingerprint density at radius 1 is 1.11 bits per heavy atom. The first-order valence-electron chi connectivity index (χ1n) is 7.57. The van der Waals surface area contributed by atoms with Crippen LogP contribution < -0.4 is 5.32 Å². The summed E-state index contributed by atoms with van der Waals surface area (Å²) in [5.41, 5.74) is 0. The molecule has 0 aromatic heterocycles. The topological polar surface area (TPSA) is 66.4 Å². The van der Waals surface area contributed by atoms with Crippen LogP contribution in [0.2, 0.25) is 0 Å². The number of aliphatic hydroxyl groups excluding tert-OH is 1. The van der Waals surface area contributed by atoms with Gasteiger partial charge in [-0.3, -0.25) is 0 Å². The van der Waals surface area contributed by atoms with Crippen molar-refractivity contribution < 1.29 is 13.5 Å². The predicted octanol–water partition coefficient (Wildman–Crippen LogP) is 1.34. The second kappa shape index (κ2) is 6.55. The Labute approximate surface area is 116 Å². The number of hydrogen-bond acceptors (Lipinski definition) is 4. The van der Waals surface area contributed by atoms with Crippen LogP contribution in [0.3, 0.4) is 0 Å². The Balaban J connectivity index is 1.74. The zero-order chi connectivity index (χ0) is 13.9. The molecule has 1 saturated carbocycles. The minimum Gasteiger partial charge on any atom is -0.396 e. The molecule has 0 radical (unpaired) electrons. The third kappa shape index (κ3) is 4.43. The van der Waals surface area contributed by atoms with Crippen LogP contribution in [0.5, 0.6) is 0 Å². The average Bonchev–Trinajstić information content (AvgIpc) is 2.39. The van der Waals surface area contributed by atoms with Gasteiger partial charge in [0.15, 0.2) is 0 Å². The summed E-state index contributed by atoms with van der Waals surface area (Å²) in [6, 6.07) is 0.961. The van der Waals surface area contributed by atoms with E-state index in [9.17, 15) is 8.42 Å². The van der Waals surface area contributed by atoms with Gasteiger partial charge in [-0.25, -0.2) is 8.42 Å². The molecule has 1 heterocycles. The lowest BCUT2D eigenvalue weighted by atomic mass is 9.85. The lowest BCUT2D eigenvalue weighted by molar-refractivity contribution is 0.167. The van der Waals surface area contributed by atoms with E-state index in [4.69, 9.17) is 5.11 Å². The van der Waals surface area contributed by atoms with Gasteiger partial charge in [0.05, 0.1) is 11.5 Å². The van der Waals surface area contributed by atoms with Gasteiger partial charge >= 0.3 is 0 Å². The summed E-state index contributed by atoms with van der Waals surface area (Å²) in [6.07, 6.45) is 6.12. The highest BCUT2D eigenvalue weighted by atomic mass is 32.2. The molecule has 0 aromatic rings. The first kappa shape index (κ1) is 15.3. The van der Waals surface area contributed by atoms with Gasteiger partial charge in [-0.05, 0) is 57.3 Å². The summed E-state index contributed by atoms with van der Waals surface area (Å²) in [7, 11) is -2.75. The summed E-state index contributed by atoms with van der Waals surface area (Å²) in [5.74, 6) is 1.72. The Morgan fingerprint density at radius 2 is 1.68 bits per heavy atom. The predicted molar refractivity (Wildman–Crippen MR) is 76.8 cm³/mol. The molecule has 0 amide bonds. The van der Waals surface area contributed by atoms with Crippen molar-refractivity contribution in [3.8, 4) is 0 Å². The monoisotopic (exact) mass is 289 g/mol. The van der Waals surface area contributed by atoms with E-state index in [-0.39, 0.29) is 0 Å². The molecule has 1 unspecified atom stereocenters. The van der Waals surface area contributed by atoms with Crippen LogP contribution in [-0.2, 0) is 9.84 Å². The highest BCUT2D eigenvalue weighted by molar-refractivity contribution is 7.91. The minimum absolute atomic E-state index is 0.322. The van der Waals surface area contributed by atoms with Crippen LogP contribution in [-0.4, -0.2) is 43.7 Å². The fourth-order valence-electron chi connectivity index (χ4n) is 3.43. The van der Waals surface area contributed by atoms with Crippen molar-refractivity contribution >= 4 is 9.84 Å². The van der Waals surface area contributed by atoms with E-state index in [2.05, 4.69) is 12.2 Å². The molecule has 0 aromatic carbocycles. The van der Waals surface area contributed by atoms with Crippen molar-refractivity contribution in [1.82, 2.24) is 5.32 Å². The SMILES string of the molecule is CC(NC1CCC(CO)CC1)C1CCS(=O)(=O)CC1. The summed E-state index contributed by atoms with van der Waals surface area (Å²) in [4.78, 5) is 0. The smallest absolute Gasteiger partial charge is 0.150 e. The lowest BCUT2D eigenvalue weighted by Gasteiger charge is -2.34. The van der Waals surface area contributed by atoms with E-state index in [1.54, 1.807) is 0 Å². The lowest BCUT2D eigenvalue weighted by Crippen LogP contribution is -2.45. The maximum Gasteiger partial charge on any atom is 0.150 e. The highest BCUT2D eigenvalue weighted by Gasteiger charge is 2.29. The molecule has 5 heteroatoms. The fraction of sp³-hybridized carbons (Fsp3) is 1.00. The second-order valence-electron chi connectivity index (χ2n) is 6.34. The Hall–Kier alpha value is -0.130. The summed E-state index contributed by atoms with van der Waals surface area (Å²) in [5, 5.41) is 12.8. The molecule has 0 bridgehead atoms. The molecule has 1 atom stereocenters. The molecule has 4 nitrogen and oxygen atoms in total. The Bertz CT molecular complexity index is 360. The van der Waals surface area contributed by atoms with Gasteiger partial charge in [0.2, 0.25) is 0 Å². The maximum atomic E-state index is 11.4. The van der Waals surface area contributed by atoms with Crippen molar-refractivity contribution in [1.29, 1.82) is 0 Å². The summed E-state index contributed by atoms with van der Waals surface area (Å²) >= 11 is 0. The van der Waals surface area contributed by atoms with Crippen LogP contribution in [0.25, 0.3) is 0 Å². The number of hydrogen-bond donors (Lipinski definition) is 2. The van der Waals surface area contributed by atoms with Gasteiger partial charge in [0.25, 0.3) is 0 Å². The van der Waals surface area contributed by atoms with Crippen molar-refractivity contribution in [3.05, 3.63) is 0 Å². The third-order valence-electron chi connectivity index (χ3n) is 4.91. The standard InChI is InChI=1S/C14H27NO3S/c1-11(13-6-8-19(17,18)9-7-13)15-14-4-2-12(10-16)3-5-14/h11-16H,2-10H2,1H3. The van der Waals surface area contributed by atoms with Crippen LogP contribution in [0.15, 0.2) is 0 Å². The van der Waals surface area contributed by atoms with Crippen molar-refractivity contribution in [2.45, 2.75) is 57.5 Å². The normalized spacial score (nSPS) is 34.0. The van der Waals surface area contributed by atoms with E-state index in [1.807, 2.05) is 0 Å². The van der Waals surface area contributed by atoms with Gasteiger partial charge in [0, 0.05) is 18.7 Å². The molecule has 19 heavy (non-hydrogen) atoms. The summed E-state index contributed by atoms with van der Waals surface area (Å²) in [6.45, 7) is 2.52. The molecule has 2 rings (SSSR count). The van der Waals surface area contributed by atoms with Gasteiger partial charge in [-0.1, -0.05) is 0 Å². The Kier molecular flexibility index (Phi) is 5.26. The number of sulfone groups is 1. The molecular formula is C14H27NO3S. The number of rotatable bonds is 4.